The fourth-order valence-corrected chi connectivity index (χ4v) is 0. The van der Waals surface area contributed by atoms with Crippen molar-refractivity contribution >= 4 is 0 Å². The first-order chi connectivity index (χ1) is 0. The summed E-state index contributed by atoms with van der Waals surface area (Å²) in [5.74, 6) is 0. The first-order valence-corrected chi connectivity index (χ1v) is 0. The van der Waals surface area contributed by atoms with Crippen molar-refractivity contribution in [2.45, 2.75) is 0 Å². The summed E-state index contributed by atoms with van der Waals surface area (Å²) in [6, 6.07) is 0. The van der Waals surface area contributed by atoms with Crippen LogP contribution in [0.15, 0.2) is 0 Å². The Balaban J connectivity index is 0. The van der Waals surface area contributed by atoms with Crippen molar-refractivity contribution in [2.75, 3.05) is 0 Å². The first-order valence-electron chi connectivity index (χ1n) is 0. The van der Waals surface area contributed by atoms with E-state index in [0.717, 1.165) is 0 Å². The van der Waals surface area contributed by atoms with E-state index >= 15 is 0 Å². The van der Waals surface area contributed by atoms with Crippen LogP contribution < -0.4 is 18.9 Å². The molecule has 0 saturated carbocycles. The van der Waals surface area contributed by atoms with Crippen LogP contribution >= 0.6 is 0 Å². The molecule has 0 aromatic carbocycles. The number of hydrogen-bond donors (Lipinski definition) is 0. The van der Waals surface area contributed by atoms with Gasteiger partial charge in [0, 0.05) is 0 Å². The van der Waals surface area contributed by atoms with E-state index in [-0.39, 0.29) is 60.6 Å². The van der Waals surface area contributed by atoms with Gasteiger partial charge in [0.1, 0.15) is 0 Å². The molecule has 0 N–H and O–H groups in total. The summed E-state index contributed by atoms with van der Waals surface area (Å²) >= 11 is 0. The summed E-state index contributed by atoms with van der Waals surface area (Å²) in [7, 11) is 0. The standard InChI is InChI=1S/3CH3.Li.Zn/h3*1H3;;/q3*-1;+1;+2. The van der Waals surface area contributed by atoms with Crippen molar-refractivity contribution in [2.24, 2.45) is 0 Å². The predicted molar refractivity (Wildman–Crippen MR) is 19.2 cm³/mol. The van der Waals surface area contributed by atoms with Gasteiger partial charge in [-0.05, 0) is 0 Å². The molecule has 0 nitrogen and oxygen atoms in total. The largest absolute Gasteiger partial charge is 2.00 e. The van der Waals surface area contributed by atoms with Crippen LogP contribution in [0.3, 0.4) is 0 Å². The molecule has 0 amide bonds. The molecular formula is C3H9LiZn. The molecule has 0 bridgehead atoms. The van der Waals surface area contributed by atoms with E-state index < -0.39 is 0 Å². The van der Waals surface area contributed by atoms with Crippen LogP contribution in [-0.4, -0.2) is 0 Å². The van der Waals surface area contributed by atoms with Crippen molar-refractivity contribution < 1.29 is 38.3 Å². The summed E-state index contributed by atoms with van der Waals surface area (Å²) in [5.41, 5.74) is 0. The predicted octanol–water partition coefficient (Wildman–Crippen LogP) is -1.65. The van der Waals surface area contributed by atoms with E-state index in [9.17, 15) is 0 Å². The average molecular weight is 117 g/mol. The van der Waals surface area contributed by atoms with Crippen LogP contribution in [0.4, 0.5) is 0 Å². The molecule has 0 fully saturated rings. The van der Waals surface area contributed by atoms with Gasteiger partial charge in [-0.2, -0.15) is 0 Å². The second-order valence-corrected chi connectivity index (χ2v) is 0. The minimum absolute atomic E-state index is 0. The van der Waals surface area contributed by atoms with Gasteiger partial charge in [-0.3, -0.25) is 0 Å². The molecule has 0 atom stereocenters. The van der Waals surface area contributed by atoms with Gasteiger partial charge in [-0.25, -0.2) is 0 Å². The van der Waals surface area contributed by atoms with Gasteiger partial charge in [0.2, 0.25) is 0 Å². The Bertz CT molecular complexity index is 6.85. The molecule has 24 valence electrons. The molecule has 0 heterocycles. The fourth-order valence-electron chi connectivity index (χ4n) is 0. The molecule has 0 aliphatic carbocycles. The SMILES string of the molecule is [CH3-].[CH3-].[CH3-].[Li+].[Zn+2]. The molecule has 0 aliphatic heterocycles. The summed E-state index contributed by atoms with van der Waals surface area (Å²) in [4.78, 5) is 0. The van der Waals surface area contributed by atoms with Gasteiger partial charge in [-0.15, -0.1) is 0 Å². The number of hydrogen-bond acceptors (Lipinski definition) is 0. The molecule has 2 heteroatoms. The molecule has 0 aliphatic rings. The third-order valence-corrected chi connectivity index (χ3v) is 0. The Morgan fingerprint density at radius 2 is 0.600 bits per heavy atom. The summed E-state index contributed by atoms with van der Waals surface area (Å²) in [6.07, 6.45) is 0. The molecule has 0 aromatic heterocycles. The van der Waals surface area contributed by atoms with E-state index in [1.165, 1.54) is 0 Å². The third-order valence-electron chi connectivity index (χ3n) is 0. The quantitative estimate of drug-likeness (QED) is 0.264. The molecule has 0 aromatic rings. The van der Waals surface area contributed by atoms with E-state index in [1.54, 1.807) is 0 Å². The zero-order chi connectivity index (χ0) is 0. The topological polar surface area (TPSA) is 0 Å². The first kappa shape index (κ1) is 114. The van der Waals surface area contributed by atoms with Gasteiger partial charge < -0.3 is 22.3 Å². The van der Waals surface area contributed by atoms with Crippen LogP contribution in [0.25, 0.3) is 0 Å². The minimum Gasteiger partial charge on any atom is -0.358 e. The van der Waals surface area contributed by atoms with Crippen molar-refractivity contribution in [3.05, 3.63) is 22.3 Å². The third kappa shape index (κ3) is 36.3. The van der Waals surface area contributed by atoms with Crippen molar-refractivity contribution in [3.63, 3.8) is 0 Å². The zero-order valence-corrected chi connectivity index (χ0v) is 7.67. The molecule has 0 spiro atoms. The van der Waals surface area contributed by atoms with Crippen LogP contribution in [0.1, 0.15) is 0 Å². The Kier molecular flexibility index (Phi) is 1420. The van der Waals surface area contributed by atoms with E-state index in [0.29, 0.717) is 0 Å². The Morgan fingerprint density at radius 1 is 0.600 bits per heavy atom. The zero-order valence-electron chi connectivity index (χ0n) is 4.71. The average Bonchev–Trinajstić information content (AvgIpc) is 0. The maximum Gasteiger partial charge on any atom is 2.00 e. The number of rotatable bonds is 0. The molecule has 0 radical (unpaired) electrons. The van der Waals surface area contributed by atoms with Crippen LogP contribution in [-0.2, 0) is 19.5 Å². The molecule has 5 heavy (non-hydrogen) atoms. The van der Waals surface area contributed by atoms with Crippen LogP contribution in [0.2, 0.25) is 0 Å². The van der Waals surface area contributed by atoms with Crippen molar-refractivity contribution in [3.8, 4) is 0 Å². The maximum atomic E-state index is 0. The minimum atomic E-state index is 0. The molecule has 0 unspecified atom stereocenters. The molecular weight excluding hydrogens is 108 g/mol. The van der Waals surface area contributed by atoms with Gasteiger partial charge in [0.25, 0.3) is 0 Å². The molecule has 0 rings (SSSR count). The Labute approximate surface area is 60.7 Å². The second kappa shape index (κ2) is 62.4. The van der Waals surface area contributed by atoms with Crippen LogP contribution in [0, 0.1) is 22.3 Å². The van der Waals surface area contributed by atoms with Gasteiger partial charge in [0.05, 0.1) is 0 Å². The normalized spacial score (nSPS) is 0. The van der Waals surface area contributed by atoms with Gasteiger partial charge in [-0.1, -0.05) is 0 Å². The van der Waals surface area contributed by atoms with Crippen molar-refractivity contribution in [1.82, 2.24) is 0 Å². The van der Waals surface area contributed by atoms with E-state index in [1.807, 2.05) is 0 Å². The second-order valence-electron chi connectivity index (χ2n) is 0. The van der Waals surface area contributed by atoms with Gasteiger partial charge >= 0.3 is 38.3 Å². The van der Waals surface area contributed by atoms with Crippen molar-refractivity contribution in [1.29, 1.82) is 0 Å². The Hall–Kier alpha value is 1.22. The summed E-state index contributed by atoms with van der Waals surface area (Å²) < 4.78 is 0. The monoisotopic (exact) mass is 116 g/mol. The smallest absolute Gasteiger partial charge is 0.358 e. The van der Waals surface area contributed by atoms with Gasteiger partial charge in [0.15, 0.2) is 0 Å². The summed E-state index contributed by atoms with van der Waals surface area (Å²) in [6.45, 7) is 0. The molecule has 0 saturated heterocycles. The Morgan fingerprint density at radius 3 is 0.600 bits per heavy atom. The fraction of sp³-hybridized carbons (Fsp3) is 0. The van der Waals surface area contributed by atoms with Crippen LogP contribution in [0.5, 0.6) is 0 Å². The van der Waals surface area contributed by atoms with E-state index in [2.05, 4.69) is 0 Å². The van der Waals surface area contributed by atoms with E-state index in [4.69, 9.17) is 0 Å². The summed E-state index contributed by atoms with van der Waals surface area (Å²) in [5, 5.41) is 0. The maximum absolute atomic E-state index is 0.